The van der Waals surface area contributed by atoms with Crippen molar-refractivity contribution >= 4 is 11.6 Å². The minimum Gasteiger partial charge on any atom is -0.493 e. The van der Waals surface area contributed by atoms with Crippen LogP contribution in [-0.4, -0.2) is 25.6 Å². The molecule has 0 unspecified atom stereocenters. The molecule has 0 atom stereocenters. The molecule has 1 aromatic rings. The van der Waals surface area contributed by atoms with Gasteiger partial charge in [-0.1, -0.05) is 6.07 Å². The van der Waals surface area contributed by atoms with Crippen molar-refractivity contribution in [3.05, 3.63) is 23.8 Å². The number of nitrogens with one attached hydrogen (secondary N) is 1. The summed E-state index contributed by atoms with van der Waals surface area (Å²) >= 11 is 5.86. The summed E-state index contributed by atoms with van der Waals surface area (Å²) in [5, 5.41) is 3.39. The van der Waals surface area contributed by atoms with E-state index >= 15 is 0 Å². The zero-order valence-electron chi connectivity index (χ0n) is 10.8. The Morgan fingerprint density at radius 2 is 1.82 bits per heavy atom. The third-order valence-corrected chi connectivity index (χ3v) is 3.22. The lowest BCUT2D eigenvalue weighted by molar-refractivity contribution is 0.354. The first kappa shape index (κ1) is 14.1. The molecule has 4 heteroatoms. The van der Waals surface area contributed by atoms with Crippen molar-refractivity contribution in [2.24, 2.45) is 0 Å². The van der Waals surface area contributed by atoms with E-state index in [4.69, 9.17) is 21.1 Å². The SMILES string of the molecule is COc1ccc(CNC(C)(C)CCl)cc1OC. The van der Waals surface area contributed by atoms with Gasteiger partial charge in [-0.15, -0.1) is 11.6 Å². The van der Waals surface area contributed by atoms with Crippen LogP contribution in [0.15, 0.2) is 18.2 Å². The van der Waals surface area contributed by atoms with Crippen LogP contribution in [0.3, 0.4) is 0 Å². The van der Waals surface area contributed by atoms with Crippen molar-refractivity contribution in [1.29, 1.82) is 0 Å². The summed E-state index contributed by atoms with van der Waals surface area (Å²) in [6.45, 7) is 4.89. The number of benzene rings is 1. The van der Waals surface area contributed by atoms with Gasteiger partial charge in [0.25, 0.3) is 0 Å². The molecule has 0 aliphatic rings. The molecule has 0 bridgehead atoms. The molecular formula is C13H20ClNO2. The lowest BCUT2D eigenvalue weighted by Crippen LogP contribution is -2.40. The van der Waals surface area contributed by atoms with E-state index in [-0.39, 0.29) is 5.54 Å². The van der Waals surface area contributed by atoms with Crippen LogP contribution in [0.5, 0.6) is 11.5 Å². The summed E-state index contributed by atoms with van der Waals surface area (Å²) in [7, 11) is 3.27. The normalized spacial score (nSPS) is 11.4. The molecule has 3 nitrogen and oxygen atoms in total. The number of ether oxygens (including phenoxy) is 2. The summed E-state index contributed by atoms with van der Waals surface area (Å²) in [5.41, 5.74) is 1.06. The number of alkyl halides is 1. The fraction of sp³-hybridized carbons (Fsp3) is 0.538. The van der Waals surface area contributed by atoms with E-state index < -0.39 is 0 Å². The van der Waals surface area contributed by atoms with E-state index in [0.29, 0.717) is 5.88 Å². The second kappa shape index (κ2) is 6.12. The number of methoxy groups -OCH3 is 2. The maximum absolute atomic E-state index is 5.86. The van der Waals surface area contributed by atoms with Gasteiger partial charge in [0.1, 0.15) is 0 Å². The van der Waals surface area contributed by atoms with Gasteiger partial charge in [0.05, 0.1) is 14.2 Å². The number of halogens is 1. The highest BCUT2D eigenvalue weighted by Crippen LogP contribution is 2.27. The van der Waals surface area contributed by atoms with Crippen LogP contribution < -0.4 is 14.8 Å². The van der Waals surface area contributed by atoms with Gasteiger partial charge in [-0.05, 0) is 31.5 Å². The molecule has 0 heterocycles. The lowest BCUT2D eigenvalue weighted by atomic mass is 10.1. The standard InChI is InChI=1S/C13H20ClNO2/c1-13(2,9-14)15-8-10-5-6-11(16-3)12(7-10)17-4/h5-7,15H,8-9H2,1-4H3. The summed E-state index contributed by atoms with van der Waals surface area (Å²) < 4.78 is 10.4. The summed E-state index contributed by atoms with van der Waals surface area (Å²) in [6.07, 6.45) is 0. The molecule has 1 rings (SSSR count). The highest BCUT2D eigenvalue weighted by Gasteiger charge is 2.15. The quantitative estimate of drug-likeness (QED) is 0.795. The van der Waals surface area contributed by atoms with Gasteiger partial charge >= 0.3 is 0 Å². The summed E-state index contributed by atoms with van der Waals surface area (Å²) in [4.78, 5) is 0. The molecule has 0 amide bonds. The smallest absolute Gasteiger partial charge is 0.161 e. The predicted octanol–water partition coefficient (Wildman–Crippen LogP) is 2.81. The van der Waals surface area contributed by atoms with Crippen molar-refractivity contribution in [3.63, 3.8) is 0 Å². The molecule has 0 aromatic heterocycles. The molecule has 0 spiro atoms. The summed E-state index contributed by atoms with van der Waals surface area (Å²) in [6, 6.07) is 5.89. The average Bonchev–Trinajstić information content (AvgIpc) is 2.36. The Hall–Kier alpha value is -0.930. The van der Waals surface area contributed by atoms with Gasteiger partial charge in [-0.3, -0.25) is 0 Å². The summed E-state index contributed by atoms with van der Waals surface area (Å²) in [5.74, 6) is 2.06. The predicted molar refractivity (Wildman–Crippen MR) is 71.2 cm³/mol. The zero-order chi connectivity index (χ0) is 12.9. The van der Waals surface area contributed by atoms with Crippen molar-refractivity contribution in [2.75, 3.05) is 20.1 Å². The van der Waals surface area contributed by atoms with E-state index in [2.05, 4.69) is 19.2 Å². The topological polar surface area (TPSA) is 30.5 Å². The van der Waals surface area contributed by atoms with Crippen molar-refractivity contribution in [2.45, 2.75) is 25.9 Å². The third-order valence-electron chi connectivity index (χ3n) is 2.55. The van der Waals surface area contributed by atoms with Crippen molar-refractivity contribution in [1.82, 2.24) is 5.32 Å². The van der Waals surface area contributed by atoms with E-state index in [1.807, 2.05) is 18.2 Å². The van der Waals surface area contributed by atoms with Gasteiger partial charge < -0.3 is 14.8 Å². The first-order chi connectivity index (χ1) is 8.02. The Labute approximate surface area is 108 Å². The second-order valence-corrected chi connectivity index (χ2v) is 4.83. The number of hydrogen-bond donors (Lipinski definition) is 1. The van der Waals surface area contributed by atoms with E-state index in [0.717, 1.165) is 23.6 Å². The lowest BCUT2D eigenvalue weighted by Gasteiger charge is -2.23. The second-order valence-electron chi connectivity index (χ2n) is 4.56. The third kappa shape index (κ3) is 4.10. The van der Waals surface area contributed by atoms with E-state index in [1.54, 1.807) is 14.2 Å². The highest BCUT2D eigenvalue weighted by molar-refractivity contribution is 6.18. The van der Waals surface area contributed by atoms with Crippen LogP contribution in [0, 0.1) is 0 Å². The first-order valence-corrected chi connectivity index (χ1v) is 6.08. The molecular weight excluding hydrogens is 238 g/mol. The highest BCUT2D eigenvalue weighted by atomic mass is 35.5. The van der Waals surface area contributed by atoms with Crippen molar-refractivity contribution in [3.8, 4) is 11.5 Å². The maximum atomic E-state index is 5.86. The van der Waals surface area contributed by atoms with E-state index in [9.17, 15) is 0 Å². The van der Waals surface area contributed by atoms with Gasteiger partial charge in [-0.2, -0.15) is 0 Å². The molecule has 0 fully saturated rings. The minimum atomic E-state index is -0.0747. The Bertz CT molecular complexity index is 366. The van der Waals surface area contributed by atoms with Crippen LogP contribution >= 0.6 is 11.6 Å². The largest absolute Gasteiger partial charge is 0.493 e. The molecule has 0 radical (unpaired) electrons. The molecule has 17 heavy (non-hydrogen) atoms. The Morgan fingerprint density at radius 1 is 1.18 bits per heavy atom. The average molecular weight is 258 g/mol. The Kier molecular flexibility index (Phi) is 5.09. The van der Waals surface area contributed by atoms with Gasteiger partial charge in [0, 0.05) is 18.0 Å². The van der Waals surface area contributed by atoms with Crippen LogP contribution in [0.4, 0.5) is 0 Å². The Balaban J connectivity index is 2.73. The van der Waals surface area contributed by atoms with Crippen LogP contribution in [0.2, 0.25) is 0 Å². The van der Waals surface area contributed by atoms with Gasteiger partial charge in [0.2, 0.25) is 0 Å². The minimum absolute atomic E-state index is 0.0747. The van der Waals surface area contributed by atoms with Crippen LogP contribution in [0.25, 0.3) is 0 Å². The van der Waals surface area contributed by atoms with Crippen LogP contribution in [0.1, 0.15) is 19.4 Å². The molecule has 1 aromatic carbocycles. The first-order valence-electron chi connectivity index (χ1n) is 5.54. The monoisotopic (exact) mass is 257 g/mol. The van der Waals surface area contributed by atoms with Crippen LogP contribution in [-0.2, 0) is 6.54 Å². The molecule has 0 saturated heterocycles. The Morgan fingerprint density at radius 3 is 2.35 bits per heavy atom. The molecule has 0 saturated carbocycles. The fourth-order valence-corrected chi connectivity index (χ4v) is 1.47. The van der Waals surface area contributed by atoms with Gasteiger partial charge in [-0.25, -0.2) is 0 Å². The maximum Gasteiger partial charge on any atom is 0.161 e. The van der Waals surface area contributed by atoms with Crippen molar-refractivity contribution < 1.29 is 9.47 Å². The van der Waals surface area contributed by atoms with E-state index in [1.165, 1.54) is 0 Å². The number of rotatable bonds is 6. The number of hydrogen-bond acceptors (Lipinski definition) is 3. The zero-order valence-corrected chi connectivity index (χ0v) is 11.6. The molecule has 0 aliphatic heterocycles. The van der Waals surface area contributed by atoms with Gasteiger partial charge in [0.15, 0.2) is 11.5 Å². The fourth-order valence-electron chi connectivity index (χ4n) is 1.38. The molecule has 0 aliphatic carbocycles. The molecule has 96 valence electrons. The molecule has 1 N–H and O–H groups in total.